The van der Waals surface area contributed by atoms with E-state index in [1.165, 1.54) is 12.1 Å². The molecule has 0 heterocycles. The van der Waals surface area contributed by atoms with Gasteiger partial charge >= 0.3 is 0 Å². The van der Waals surface area contributed by atoms with E-state index in [0.717, 1.165) is 17.7 Å². The van der Waals surface area contributed by atoms with Crippen LogP contribution < -0.4 is 5.32 Å². The Kier molecular flexibility index (Phi) is 4.36. The van der Waals surface area contributed by atoms with Crippen molar-refractivity contribution in [1.82, 2.24) is 0 Å². The molecule has 1 aromatic carbocycles. The van der Waals surface area contributed by atoms with Crippen LogP contribution in [0, 0.1) is 29.4 Å². The topological polar surface area (TPSA) is 55.2 Å². The Morgan fingerprint density at radius 1 is 1.65 bits per heavy atom. The lowest BCUT2D eigenvalue weighted by Crippen LogP contribution is -2.16. The van der Waals surface area contributed by atoms with Crippen molar-refractivity contribution in [3.8, 4) is 12.3 Å². The Hall–Kier alpha value is -1.73. The van der Waals surface area contributed by atoms with Gasteiger partial charge in [0.25, 0.3) is 5.69 Å². The number of aryl methyl sites for hydroxylation is 1. The van der Waals surface area contributed by atoms with Crippen molar-refractivity contribution in [2.45, 2.75) is 26.3 Å². The van der Waals surface area contributed by atoms with Gasteiger partial charge in [-0.2, -0.15) is 0 Å². The maximum atomic E-state index is 10.7. The summed E-state index contributed by atoms with van der Waals surface area (Å²) in [5.74, 6) is 2.60. The van der Waals surface area contributed by atoms with Gasteiger partial charge in [-0.15, -0.1) is 6.42 Å². The first kappa shape index (κ1) is 13.3. The molecular formula is C12H13ClN2O2. The van der Waals surface area contributed by atoms with Gasteiger partial charge in [-0.25, -0.2) is 0 Å². The van der Waals surface area contributed by atoms with Crippen LogP contribution in [0.4, 0.5) is 11.4 Å². The normalized spacial score (nSPS) is 11.6. The van der Waals surface area contributed by atoms with Gasteiger partial charge in [0.2, 0.25) is 0 Å². The number of nitro benzene ring substituents is 1. The van der Waals surface area contributed by atoms with Crippen LogP contribution in [0.25, 0.3) is 0 Å². The summed E-state index contributed by atoms with van der Waals surface area (Å²) in [6.45, 7) is 3.73. The van der Waals surface area contributed by atoms with Gasteiger partial charge in [-0.05, 0) is 25.0 Å². The van der Waals surface area contributed by atoms with E-state index in [4.69, 9.17) is 18.0 Å². The van der Waals surface area contributed by atoms with Crippen molar-refractivity contribution in [2.24, 2.45) is 0 Å². The highest BCUT2D eigenvalue weighted by Crippen LogP contribution is 2.30. The predicted octanol–water partition coefficient (Wildman–Crippen LogP) is 3.38. The molecule has 1 rings (SSSR count). The molecule has 1 unspecified atom stereocenters. The smallest absolute Gasteiger partial charge is 0.288 e. The largest absolute Gasteiger partial charge is 0.371 e. The summed E-state index contributed by atoms with van der Waals surface area (Å²) in [6, 6.07) is 2.87. The summed E-state index contributed by atoms with van der Waals surface area (Å²) in [5, 5.41) is 13.9. The Morgan fingerprint density at radius 2 is 2.29 bits per heavy atom. The fourth-order valence-electron chi connectivity index (χ4n) is 1.41. The standard InChI is InChI=1S/C12H13ClN2O2/c1-4-9(5-2)14-11-7-10(13)12(15(16)17)6-8(11)3/h1,6-7,9,14H,5H2,2-3H3. The molecule has 0 aliphatic carbocycles. The molecule has 0 saturated heterocycles. The minimum absolute atomic E-state index is 0.0940. The van der Waals surface area contributed by atoms with Crippen LogP contribution in [0.5, 0.6) is 0 Å². The summed E-state index contributed by atoms with van der Waals surface area (Å²) in [5.41, 5.74) is 1.38. The van der Waals surface area contributed by atoms with Crippen molar-refractivity contribution < 1.29 is 4.92 Å². The number of nitro groups is 1. The summed E-state index contributed by atoms with van der Waals surface area (Å²) < 4.78 is 0. The van der Waals surface area contributed by atoms with E-state index < -0.39 is 4.92 Å². The number of hydrogen-bond donors (Lipinski definition) is 1. The molecule has 4 nitrogen and oxygen atoms in total. The molecule has 0 radical (unpaired) electrons. The number of rotatable bonds is 4. The van der Waals surface area contributed by atoms with Crippen LogP contribution in [-0.4, -0.2) is 11.0 Å². The first-order valence-electron chi connectivity index (χ1n) is 5.16. The van der Waals surface area contributed by atoms with Gasteiger partial charge < -0.3 is 5.32 Å². The average molecular weight is 253 g/mol. The molecule has 0 saturated carbocycles. The molecule has 0 fully saturated rings. The van der Waals surface area contributed by atoms with Crippen molar-refractivity contribution in [3.63, 3.8) is 0 Å². The highest BCUT2D eigenvalue weighted by Gasteiger charge is 2.15. The minimum Gasteiger partial charge on any atom is -0.371 e. The summed E-state index contributed by atoms with van der Waals surface area (Å²) in [6.07, 6.45) is 6.11. The van der Waals surface area contributed by atoms with Gasteiger partial charge in [-0.3, -0.25) is 10.1 Å². The van der Waals surface area contributed by atoms with Crippen molar-refractivity contribution in [2.75, 3.05) is 5.32 Å². The number of halogens is 1. The van der Waals surface area contributed by atoms with Crippen LogP contribution >= 0.6 is 11.6 Å². The van der Waals surface area contributed by atoms with Gasteiger partial charge in [0.1, 0.15) is 5.02 Å². The number of hydrogen-bond acceptors (Lipinski definition) is 3. The molecule has 0 bridgehead atoms. The first-order chi connectivity index (χ1) is 7.99. The molecule has 0 aliphatic heterocycles. The van der Waals surface area contributed by atoms with E-state index >= 15 is 0 Å². The van der Waals surface area contributed by atoms with Gasteiger partial charge in [0.05, 0.1) is 11.0 Å². The van der Waals surface area contributed by atoms with Crippen LogP contribution in [0.15, 0.2) is 12.1 Å². The fraction of sp³-hybridized carbons (Fsp3) is 0.333. The molecule has 0 aromatic heterocycles. The molecule has 1 atom stereocenters. The quantitative estimate of drug-likeness (QED) is 0.508. The second kappa shape index (κ2) is 5.55. The molecule has 0 spiro atoms. The number of nitrogens with zero attached hydrogens (tertiary/aromatic N) is 1. The van der Waals surface area contributed by atoms with E-state index in [9.17, 15) is 10.1 Å². The maximum absolute atomic E-state index is 10.7. The van der Waals surface area contributed by atoms with E-state index in [0.29, 0.717) is 0 Å². The highest BCUT2D eigenvalue weighted by atomic mass is 35.5. The lowest BCUT2D eigenvalue weighted by molar-refractivity contribution is -0.384. The molecule has 17 heavy (non-hydrogen) atoms. The zero-order valence-corrected chi connectivity index (χ0v) is 10.4. The lowest BCUT2D eigenvalue weighted by atomic mass is 10.1. The van der Waals surface area contributed by atoms with Gasteiger partial charge in [0.15, 0.2) is 0 Å². The van der Waals surface area contributed by atoms with Crippen molar-refractivity contribution in [3.05, 3.63) is 32.8 Å². The molecule has 5 heteroatoms. The van der Waals surface area contributed by atoms with Crippen molar-refractivity contribution >= 4 is 23.0 Å². The Bertz CT molecular complexity index is 480. The highest BCUT2D eigenvalue weighted by molar-refractivity contribution is 6.33. The zero-order valence-electron chi connectivity index (χ0n) is 9.66. The van der Waals surface area contributed by atoms with Crippen molar-refractivity contribution in [1.29, 1.82) is 0 Å². The van der Waals surface area contributed by atoms with E-state index in [1.54, 1.807) is 6.92 Å². The zero-order chi connectivity index (χ0) is 13.0. The molecular weight excluding hydrogens is 240 g/mol. The predicted molar refractivity (Wildman–Crippen MR) is 69.4 cm³/mol. The molecule has 0 amide bonds. The van der Waals surface area contributed by atoms with Crippen LogP contribution in [0.2, 0.25) is 5.02 Å². The summed E-state index contributed by atoms with van der Waals surface area (Å²) >= 11 is 5.83. The van der Waals surface area contributed by atoms with E-state index in [-0.39, 0.29) is 16.8 Å². The number of benzene rings is 1. The van der Waals surface area contributed by atoms with Crippen LogP contribution in [0.1, 0.15) is 18.9 Å². The van der Waals surface area contributed by atoms with Gasteiger partial charge in [-0.1, -0.05) is 24.4 Å². The van der Waals surface area contributed by atoms with Crippen LogP contribution in [0.3, 0.4) is 0 Å². The van der Waals surface area contributed by atoms with Gasteiger partial charge in [0, 0.05) is 11.8 Å². The summed E-state index contributed by atoms with van der Waals surface area (Å²) in [4.78, 5) is 10.2. The summed E-state index contributed by atoms with van der Waals surface area (Å²) in [7, 11) is 0. The Morgan fingerprint density at radius 3 is 2.76 bits per heavy atom. The lowest BCUT2D eigenvalue weighted by Gasteiger charge is -2.14. The molecule has 1 N–H and O–H groups in total. The fourth-order valence-corrected chi connectivity index (χ4v) is 1.64. The number of nitrogens with one attached hydrogen (secondary N) is 1. The van der Waals surface area contributed by atoms with E-state index in [1.807, 2.05) is 6.92 Å². The van der Waals surface area contributed by atoms with Crippen LogP contribution in [-0.2, 0) is 0 Å². The Labute approximate surface area is 105 Å². The third kappa shape index (κ3) is 3.11. The second-order valence-corrected chi connectivity index (χ2v) is 4.05. The molecule has 90 valence electrons. The minimum atomic E-state index is -0.502. The Balaban J connectivity index is 3.08. The number of anilines is 1. The average Bonchev–Trinajstić information content (AvgIpc) is 2.29. The monoisotopic (exact) mass is 252 g/mol. The third-order valence-corrected chi connectivity index (χ3v) is 2.73. The molecule has 0 aliphatic rings. The maximum Gasteiger partial charge on any atom is 0.288 e. The molecule has 1 aromatic rings. The van der Waals surface area contributed by atoms with E-state index in [2.05, 4.69) is 11.2 Å². The first-order valence-corrected chi connectivity index (χ1v) is 5.54. The number of terminal acetylenes is 1. The second-order valence-electron chi connectivity index (χ2n) is 3.65. The third-order valence-electron chi connectivity index (χ3n) is 2.43. The SMILES string of the molecule is C#CC(CC)Nc1cc(Cl)c([N+](=O)[O-])cc1C.